The van der Waals surface area contributed by atoms with Crippen LogP contribution in [0.3, 0.4) is 0 Å². The third-order valence-corrected chi connectivity index (χ3v) is 8.57. The molecule has 0 fully saturated rings. The van der Waals surface area contributed by atoms with Gasteiger partial charge in [0.2, 0.25) is 0 Å². The lowest BCUT2D eigenvalue weighted by atomic mass is 9.91. The van der Waals surface area contributed by atoms with Crippen LogP contribution in [-0.4, -0.2) is 38.5 Å². The van der Waals surface area contributed by atoms with Crippen LogP contribution < -0.4 is 0 Å². The topological polar surface area (TPSA) is 57.6 Å². The van der Waals surface area contributed by atoms with E-state index in [-0.39, 0.29) is 4.90 Å². The van der Waals surface area contributed by atoms with Crippen LogP contribution >= 0.6 is 0 Å². The summed E-state index contributed by atoms with van der Waals surface area (Å²) in [6.45, 7) is 5.38. The lowest BCUT2D eigenvalue weighted by Crippen LogP contribution is -2.17. The van der Waals surface area contributed by atoms with Gasteiger partial charge in [0.25, 0.3) is 10.1 Å². The van der Waals surface area contributed by atoms with Crippen molar-refractivity contribution in [3.05, 3.63) is 65.7 Å². The second-order valence-corrected chi connectivity index (χ2v) is 13.2. The Morgan fingerprint density at radius 1 is 0.675 bits per heavy atom. The Hall–Kier alpha value is -1.69. The number of aryl methyl sites for hydroxylation is 2. The van der Waals surface area contributed by atoms with E-state index in [1.807, 2.05) is 6.92 Å². The second kappa shape index (κ2) is 22.9. The molecule has 0 bridgehead atoms. The predicted octanol–water partition coefficient (Wildman–Crippen LogP) is 9.91. The van der Waals surface area contributed by atoms with E-state index < -0.39 is 10.1 Å². The Kier molecular flexibility index (Phi) is 20.8. The fourth-order valence-electron chi connectivity index (χ4n) is 5.05. The van der Waals surface area contributed by atoms with Gasteiger partial charge in [-0.3, -0.25) is 4.55 Å². The summed E-state index contributed by atoms with van der Waals surface area (Å²) in [4.78, 5) is 2.28. The number of nitrogens with zero attached hydrogens (tertiary/aromatic N) is 1. The van der Waals surface area contributed by atoms with Gasteiger partial charge >= 0.3 is 0 Å². The highest BCUT2D eigenvalue weighted by Crippen LogP contribution is 2.21. The Bertz CT molecular complexity index is 942. The fraction of sp³-hybridized carbons (Fsp3) is 0.657. The molecule has 0 spiro atoms. The van der Waals surface area contributed by atoms with E-state index >= 15 is 0 Å². The zero-order chi connectivity index (χ0) is 29.5. The summed E-state index contributed by atoms with van der Waals surface area (Å²) in [5, 5.41) is 0. The van der Waals surface area contributed by atoms with E-state index in [2.05, 4.69) is 56.3 Å². The van der Waals surface area contributed by atoms with E-state index in [1.54, 1.807) is 12.1 Å². The predicted molar refractivity (Wildman–Crippen MR) is 173 cm³/mol. The molecule has 0 saturated carbocycles. The van der Waals surface area contributed by atoms with Crippen molar-refractivity contribution in [1.82, 2.24) is 4.90 Å². The highest BCUT2D eigenvalue weighted by molar-refractivity contribution is 7.85. The largest absolute Gasteiger partial charge is 0.309 e. The molecule has 1 unspecified atom stereocenters. The van der Waals surface area contributed by atoms with Crippen molar-refractivity contribution in [2.45, 2.75) is 128 Å². The summed E-state index contributed by atoms with van der Waals surface area (Å²) in [5.74, 6) is 0.894. The Morgan fingerprint density at radius 2 is 1.18 bits per heavy atom. The average Bonchev–Trinajstić information content (AvgIpc) is 2.93. The van der Waals surface area contributed by atoms with Gasteiger partial charge in [0.05, 0.1) is 4.90 Å². The quantitative estimate of drug-likeness (QED) is 0.119. The molecule has 0 aliphatic rings. The summed E-state index contributed by atoms with van der Waals surface area (Å²) in [7, 11) is 0.396. The Labute approximate surface area is 247 Å². The van der Waals surface area contributed by atoms with Crippen LogP contribution in [0.4, 0.5) is 0 Å². The zero-order valence-corrected chi connectivity index (χ0v) is 26.9. The molecule has 0 amide bonds. The van der Waals surface area contributed by atoms with Crippen LogP contribution in [0.15, 0.2) is 59.5 Å². The van der Waals surface area contributed by atoms with Crippen LogP contribution in [0, 0.1) is 12.8 Å². The number of hydrogen-bond donors (Lipinski definition) is 1. The smallest absolute Gasteiger partial charge is 0.294 e. The van der Waals surface area contributed by atoms with E-state index in [1.165, 1.54) is 133 Å². The minimum atomic E-state index is -4.02. The van der Waals surface area contributed by atoms with Gasteiger partial charge in [-0.1, -0.05) is 145 Å². The normalized spacial score (nSPS) is 12.2. The highest BCUT2D eigenvalue weighted by atomic mass is 32.2. The van der Waals surface area contributed by atoms with Crippen LogP contribution in [-0.2, 0) is 16.5 Å². The Balaban J connectivity index is 0.000000603. The van der Waals surface area contributed by atoms with Crippen molar-refractivity contribution in [2.75, 3.05) is 20.6 Å². The summed E-state index contributed by atoms with van der Waals surface area (Å²) < 4.78 is 29.6. The van der Waals surface area contributed by atoms with Crippen molar-refractivity contribution < 1.29 is 13.0 Å². The zero-order valence-electron chi connectivity index (χ0n) is 26.1. The highest BCUT2D eigenvalue weighted by Gasteiger charge is 2.10. The Morgan fingerprint density at radius 3 is 1.65 bits per heavy atom. The van der Waals surface area contributed by atoms with E-state index in [9.17, 15) is 8.42 Å². The maximum Gasteiger partial charge on any atom is 0.294 e. The van der Waals surface area contributed by atoms with Gasteiger partial charge in [0, 0.05) is 0 Å². The van der Waals surface area contributed by atoms with Gasteiger partial charge in [-0.15, -0.1) is 0 Å². The molecule has 1 N–H and O–H groups in total. The monoisotopic (exact) mass is 573 g/mol. The summed E-state index contributed by atoms with van der Waals surface area (Å²) in [6, 6.07) is 17.0. The first-order valence-electron chi connectivity index (χ1n) is 15.9. The molecule has 40 heavy (non-hydrogen) atoms. The first-order chi connectivity index (χ1) is 19.2. The fourth-order valence-corrected chi connectivity index (χ4v) is 5.53. The van der Waals surface area contributed by atoms with Crippen LogP contribution in [0.1, 0.15) is 121 Å². The standard InChI is InChI=1S/C28H51N.C7H8O3S/c1-4-5-6-7-8-9-10-11-12-13-14-15-17-22-28(25-26-29(2)3)24-23-27-20-18-16-19-21-27;1-6-2-4-7(5-3-6)11(8,9)10/h16,18-21,28H,4-15,17,22-26H2,1-3H3;2-5H,1H3,(H,8,9,10). The summed E-state index contributed by atoms with van der Waals surface area (Å²) in [6.07, 6.45) is 24.3. The minimum absolute atomic E-state index is 0.0666. The first-order valence-corrected chi connectivity index (χ1v) is 17.4. The SMILES string of the molecule is CCCCCCCCCCCCCCCC(CCc1ccccc1)CCN(C)C.Cc1ccc(S(=O)(=O)O)cc1. The lowest BCUT2D eigenvalue weighted by molar-refractivity contribution is 0.321. The molecule has 2 aromatic rings. The molecule has 4 nitrogen and oxygen atoms in total. The van der Waals surface area contributed by atoms with Gasteiger partial charge < -0.3 is 4.90 Å². The number of hydrogen-bond acceptors (Lipinski definition) is 3. The molecule has 228 valence electrons. The summed E-state index contributed by atoms with van der Waals surface area (Å²) in [5.41, 5.74) is 2.46. The van der Waals surface area contributed by atoms with Crippen molar-refractivity contribution in [3.8, 4) is 0 Å². The maximum atomic E-state index is 10.5. The third kappa shape index (κ3) is 20.2. The maximum absolute atomic E-state index is 10.5. The number of unbranched alkanes of at least 4 members (excludes halogenated alkanes) is 12. The molecule has 5 heteroatoms. The van der Waals surface area contributed by atoms with E-state index in [0.717, 1.165) is 11.5 Å². The first kappa shape index (κ1) is 36.3. The molecule has 0 heterocycles. The van der Waals surface area contributed by atoms with Crippen LogP contribution in [0.2, 0.25) is 0 Å². The van der Waals surface area contributed by atoms with Crippen molar-refractivity contribution in [3.63, 3.8) is 0 Å². The van der Waals surface area contributed by atoms with Crippen molar-refractivity contribution >= 4 is 10.1 Å². The number of benzene rings is 2. The minimum Gasteiger partial charge on any atom is -0.309 e. The molecule has 0 aliphatic carbocycles. The van der Waals surface area contributed by atoms with E-state index in [4.69, 9.17) is 4.55 Å². The third-order valence-electron chi connectivity index (χ3n) is 7.70. The summed E-state index contributed by atoms with van der Waals surface area (Å²) >= 11 is 0. The van der Waals surface area contributed by atoms with Gasteiger partial charge in [0.15, 0.2) is 0 Å². The van der Waals surface area contributed by atoms with Gasteiger partial charge in [-0.25, -0.2) is 0 Å². The van der Waals surface area contributed by atoms with Gasteiger partial charge in [-0.2, -0.15) is 8.42 Å². The van der Waals surface area contributed by atoms with E-state index in [0.29, 0.717) is 0 Å². The van der Waals surface area contributed by atoms with Gasteiger partial charge in [-0.05, 0) is 70.4 Å². The molecule has 0 radical (unpaired) electrons. The molecule has 0 aromatic heterocycles. The van der Waals surface area contributed by atoms with Gasteiger partial charge in [0.1, 0.15) is 0 Å². The molecular formula is C35H59NO3S. The molecular weight excluding hydrogens is 514 g/mol. The molecule has 2 rings (SSSR count). The van der Waals surface area contributed by atoms with Crippen LogP contribution in [0.5, 0.6) is 0 Å². The van der Waals surface area contributed by atoms with Crippen LogP contribution in [0.25, 0.3) is 0 Å². The second-order valence-electron chi connectivity index (χ2n) is 11.8. The molecule has 0 saturated heterocycles. The van der Waals surface area contributed by atoms with Crippen molar-refractivity contribution in [2.24, 2.45) is 5.92 Å². The lowest BCUT2D eigenvalue weighted by Gasteiger charge is -2.19. The molecule has 0 aliphatic heterocycles. The molecule has 1 atom stereocenters. The average molecular weight is 574 g/mol. The number of rotatable bonds is 21. The van der Waals surface area contributed by atoms with Crippen molar-refractivity contribution in [1.29, 1.82) is 0 Å². The molecule has 2 aromatic carbocycles.